The van der Waals surface area contributed by atoms with Gasteiger partial charge in [0.2, 0.25) is 5.91 Å². The molecule has 2 amide bonds. The molecule has 2 aromatic carbocycles. The van der Waals surface area contributed by atoms with E-state index in [2.05, 4.69) is 5.32 Å². The zero-order chi connectivity index (χ0) is 21.2. The molecule has 2 aromatic rings. The smallest absolute Gasteiger partial charge is 0.410 e. The van der Waals surface area contributed by atoms with E-state index in [0.29, 0.717) is 17.3 Å². The molecule has 1 saturated carbocycles. The van der Waals surface area contributed by atoms with Crippen LogP contribution in [0.2, 0.25) is 5.02 Å². The van der Waals surface area contributed by atoms with E-state index in [1.54, 1.807) is 7.05 Å². The lowest BCUT2D eigenvalue weighted by Crippen LogP contribution is -2.34. The van der Waals surface area contributed by atoms with Gasteiger partial charge in [-0.1, -0.05) is 48.0 Å². The van der Waals surface area contributed by atoms with Crippen LogP contribution in [-0.2, 0) is 16.1 Å². The number of hydrogen-bond acceptors (Lipinski definition) is 3. The van der Waals surface area contributed by atoms with Crippen molar-refractivity contribution in [2.75, 3.05) is 12.4 Å². The van der Waals surface area contributed by atoms with E-state index in [4.69, 9.17) is 16.3 Å². The molecule has 2 atom stereocenters. The van der Waals surface area contributed by atoms with Crippen molar-refractivity contribution in [2.24, 2.45) is 5.92 Å². The molecule has 0 bridgehead atoms. The van der Waals surface area contributed by atoms with Crippen LogP contribution in [0.5, 0.6) is 0 Å². The summed E-state index contributed by atoms with van der Waals surface area (Å²) in [6, 6.07) is 15.2. The summed E-state index contributed by atoms with van der Waals surface area (Å²) >= 11 is 6.27. The van der Waals surface area contributed by atoms with Gasteiger partial charge >= 0.3 is 6.09 Å². The molecule has 6 heteroatoms. The predicted octanol–water partition coefficient (Wildman–Crippen LogP) is 5.45. The lowest BCUT2D eigenvalue weighted by molar-refractivity contribution is -0.117. The van der Waals surface area contributed by atoms with Gasteiger partial charge < -0.3 is 15.0 Å². The molecule has 3 rings (SSSR count). The van der Waals surface area contributed by atoms with Crippen LogP contribution >= 0.6 is 11.6 Å². The van der Waals surface area contributed by atoms with Crippen molar-refractivity contribution in [3.8, 4) is 0 Å². The lowest BCUT2D eigenvalue weighted by atomic mass is 10.1. The maximum absolute atomic E-state index is 12.8. The van der Waals surface area contributed by atoms with Crippen molar-refractivity contribution in [2.45, 2.75) is 45.3 Å². The minimum atomic E-state index is -0.557. The van der Waals surface area contributed by atoms with E-state index in [0.717, 1.165) is 17.5 Å². The zero-order valence-electron chi connectivity index (χ0n) is 17.2. The van der Waals surface area contributed by atoms with Crippen LogP contribution in [0, 0.1) is 5.92 Å². The van der Waals surface area contributed by atoms with Crippen molar-refractivity contribution in [3.63, 3.8) is 0 Å². The average molecular weight is 415 g/mol. The average Bonchev–Trinajstić information content (AvgIpc) is 3.43. The second kappa shape index (κ2) is 8.46. The molecule has 0 radical (unpaired) electrons. The van der Waals surface area contributed by atoms with Crippen molar-refractivity contribution in [3.05, 3.63) is 64.7 Å². The molecule has 1 aliphatic rings. The van der Waals surface area contributed by atoms with Gasteiger partial charge in [-0.15, -0.1) is 0 Å². The molecule has 1 aliphatic carbocycles. The van der Waals surface area contributed by atoms with Gasteiger partial charge in [0.05, 0.1) is 6.54 Å². The summed E-state index contributed by atoms with van der Waals surface area (Å²) < 4.78 is 5.40. The Balaban J connectivity index is 1.65. The fraction of sp³-hybridized carbons (Fsp3) is 0.391. The fourth-order valence-corrected chi connectivity index (χ4v) is 3.55. The topological polar surface area (TPSA) is 58.6 Å². The number of hydrogen-bond donors (Lipinski definition) is 1. The van der Waals surface area contributed by atoms with Gasteiger partial charge in [-0.3, -0.25) is 4.79 Å². The summed E-state index contributed by atoms with van der Waals surface area (Å²) in [6.45, 7) is 5.83. The Labute approximate surface area is 177 Å². The number of ether oxygens (including phenoxy) is 1. The Morgan fingerprint density at radius 2 is 1.79 bits per heavy atom. The largest absolute Gasteiger partial charge is 0.444 e. The molecule has 1 N–H and O–H groups in total. The molecular weight excluding hydrogens is 388 g/mol. The van der Waals surface area contributed by atoms with Gasteiger partial charge in [0.25, 0.3) is 0 Å². The van der Waals surface area contributed by atoms with Crippen LogP contribution in [-0.4, -0.2) is 29.5 Å². The number of carbonyl (C=O) groups is 2. The van der Waals surface area contributed by atoms with Crippen LogP contribution in [0.1, 0.15) is 44.2 Å². The van der Waals surface area contributed by atoms with Gasteiger partial charge in [-0.05, 0) is 56.4 Å². The highest BCUT2D eigenvalue weighted by molar-refractivity contribution is 6.31. The summed E-state index contributed by atoms with van der Waals surface area (Å²) in [5.74, 6) is 0.0362. The maximum atomic E-state index is 12.8. The highest BCUT2D eigenvalue weighted by atomic mass is 35.5. The third kappa shape index (κ3) is 5.51. The van der Waals surface area contributed by atoms with Crippen LogP contribution in [0.4, 0.5) is 10.5 Å². The second-order valence-corrected chi connectivity index (χ2v) is 8.86. The molecule has 154 valence electrons. The third-order valence-electron chi connectivity index (χ3n) is 4.82. The SMILES string of the molecule is CN(Cc1ccccc1NC(=O)C1CC1c1ccccc1Cl)C(=O)OC(C)(C)C. The fourth-order valence-electron chi connectivity index (χ4n) is 3.27. The standard InChI is InChI=1S/C23H27ClN2O3/c1-23(2,3)29-22(28)26(4)14-15-9-5-8-12-20(15)25-21(27)18-13-17(18)16-10-6-7-11-19(16)24/h5-12,17-18H,13-14H2,1-4H3,(H,25,27). The van der Waals surface area contributed by atoms with E-state index in [-0.39, 0.29) is 17.7 Å². The van der Waals surface area contributed by atoms with Crippen molar-refractivity contribution < 1.29 is 14.3 Å². The van der Waals surface area contributed by atoms with Crippen LogP contribution in [0.3, 0.4) is 0 Å². The van der Waals surface area contributed by atoms with E-state index in [1.165, 1.54) is 4.90 Å². The number of para-hydroxylation sites is 1. The number of halogens is 1. The predicted molar refractivity (Wildman–Crippen MR) is 115 cm³/mol. The van der Waals surface area contributed by atoms with Gasteiger partial charge in [0.1, 0.15) is 5.60 Å². The minimum Gasteiger partial charge on any atom is -0.444 e. The number of nitrogens with one attached hydrogen (secondary N) is 1. The summed E-state index contributed by atoms with van der Waals surface area (Å²) in [5.41, 5.74) is 2.02. The molecule has 0 aliphatic heterocycles. The summed E-state index contributed by atoms with van der Waals surface area (Å²) in [4.78, 5) is 26.5. The first-order valence-corrected chi connectivity index (χ1v) is 10.1. The summed E-state index contributed by atoms with van der Waals surface area (Å²) in [5, 5.41) is 3.72. The summed E-state index contributed by atoms with van der Waals surface area (Å²) in [7, 11) is 1.68. The number of nitrogens with zero attached hydrogens (tertiary/aromatic N) is 1. The van der Waals surface area contributed by atoms with E-state index < -0.39 is 11.7 Å². The summed E-state index contributed by atoms with van der Waals surface area (Å²) in [6.07, 6.45) is 0.384. The molecular formula is C23H27ClN2O3. The molecule has 0 saturated heterocycles. The molecule has 0 aromatic heterocycles. The first-order valence-electron chi connectivity index (χ1n) is 9.73. The monoisotopic (exact) mass is 414 g/mol. The third-order valence-corrected chi connectivity index (χ3v) is 5.16. The van der Waals surface area contributed by atoms with E-state index >= 15 is 0 Å². The second-order valence-electron chi connectivity index (χ2n) is 8.45. The number of rotatable bonds is 5. The molecule has 29 heavy (non-hydrogen) atoms. The van der Waals surface area contributed by atoms with Gasteiger partial charge in [0.15, 0.2) is 0 Å². The molecule has 0 heterocycles. The maximum Gasteiger partial charge on any atom is 0.410 e. The number of amides is 2. The van der Waals surface area contributed by atoms with Gasteiger partial charge in [-0.2, -0.15) is 0 Å². The van der Waals surface area contributed by atoms with Crippen LogP contribution in [0.15, 0.2) is 48.5 Å². The Hall–Kier alpha value is -2.53. The molecule has 5 nitrogen and oxygen atoms in total. The Kier molecular flexibility index (Phi) is 6.18. The number of benzene rings is 2. The van der Waals surface area contributed by atoms with E-state index in [9.17, 15) is 9.59 Å². The molecule has 0 spiro atoms. The number of anilines is 1. The van der Waals surface area contributed by atoms with Crippen LogP contribution in [0.25, 0.3) is 0 Å². The zero-order valence-corrected chi connectivity index (χ0v) is 18.0. The van der Waals surface area contributed by atoms with Gasteiger partial charge in [-0.25, -0.2) is 4.79 Å². The first-order chi connectivity index (χ1) is 13.7. The quantitative estimate of drug-likeness (QED) is 0.707. The highest BCUT2D eigenvalue weighted by Gasteiger charge is 2.44. The Morgan fingerprint density at radius 3 is 2.48 bits per heavy atom. The normalized spacial score (nSPS) is 18.1. The Bertz CT molecular complexity index is 907. The first kappa shape index (κ1) is 21.2. The lowest BCUT2D eigenvalue weighted by Gasteiger charge is -2.25. The van der Waals surface area contributed by atoms with E-state index in [1.807, 2.05) is 69.3 Å². The molecule has 1 fully saturated rings. The number of carbonyl (C=O) groups excluding carboxylic acids is 2. The minimum absolute atomic E-state index is 0.0257. The van der Waals surface area contributed by atoms with Gasteiger partial charge in [0, 0.05) is 23.7 Å². The van der Waals surface area contributed by atoms with Crippen molar-refractivity contribution in [1.82, 2.24) is 4.90 Å². The Morgan fingerprint density at radius 1 is 1.14 bits per heavy atom. The highest BCUT2D eigenvalue weighted by Crippen LogP contribution is 2.50. The van der Waals surface area contributed by atoms with Crippen molar-refractivity contribution in [1.29, 1.82) is 0 Å². The van der Waals surface area contributed by atoms with Crippen LogP contribution < -0.4 is 5.32 Å². The molecule has 2 unspecified atom stereocenters. The van der Waals surface area contributed by atoms with Crippen molar-refractivity contribution >= 4 is 29.3 Å².